The maximum Gasteiger partial charge on any atom is 0.320 e. The first-order chi connectivity index (χ1) is 15.9. The highest BCUT2D eigenvalue weighted by atomic mass is 35.5. The van der Waals surface area contributed by atoms with E-state index in [2.05, 4.69) is 28.8 Å². The molecule has 1 aromatic heterocycles. The summed E-state index contributed by atoms with van der Waals surface area (Å²) in [4.78, 5) is 15.9. The molecule has 2 heterocycles. The molecule has 1 unspecified atom stereocenters. The van der Waals surface area contributed by atoms with Crippen LogP contribution in [0.1, 0.15) is 22.5 Å². The molecular formula is C25H21Cl2N3O3. The fourth-order valence-electron chi connectivity index (χ4n) is 4.30. The van der Waals surface area contributed by atoms with Gasteiger partial charge in [-0.25, -0.2) is 4.98 Å². The smallest absolute Gasteiger partial charge is 0.320 e. The van der Waals surface area contributed by atoms with Crippen molar-refractivity contribution in [2.45, 2.75) is 31.9 Å². The highest BCUT2D eigenvalue weighted by Crippen LogP contribution is 2.36. The first kappa shape index (κ1) is 21.8. The number of fused-ring (bicyclic) bond motifs is 5. The molecule has 0 spiro atoms. The van der Waals surface area contributed by atoms with Crippen LogP contribution in [-0.2, 0) is 30.7 Å². The first-order valence-corrected chi connectivity index (χ1v) is 11.3. The molecule has 4 aromatic rings. The predicted molar refractivity (Wildman–Crippen MR) is 129 cm³/mol. The van der Waals surface area contributed by atoms with Gasteiger partial charge < -0.3 is 15.6 Å². The molecule has 1 aliphatic rings. The Morgan fingerprint density at radius 2 is 1.88 bits per heavy atom. The van der Waals surface area contributed by atoms with Gasteiger partial charge in [0, 0.05) is 12.0 Å². The number of nitrogens with zero attached hydrogens (tertiary/aromatic N) is 2. The van der Waals surface area contributed by atoms with Gasteiger partial charge in [0.05, 0.1) is 26.8 Å². The minimum atomic E-state index is -1.08. The minimum Gasteiger partial charge on any atom is -0.486 e. The highest BCUT2D eigenvalue weighted by Gasteiger charge is 2.21. The number of benzene rings is 3. The van der Waals surface area contributed by atoms with Crippen molar-refractivity contribution >= 4 is 40.2 Å². The van der Waals surface area contributed by atoms with Crippen molar-refractivity contribution in [1.29, 1.82) is 0 Å². The molecule has 3 N–H and O–H groups in total. The molecule has 168 valence electrons. The van der Waals surface area contributed by atoms with Crippen LogP contribution >= 0.6 is 23.2 Å². The van der Waals surface area contributed by atoms with Crippen molar-refractivity contribution in [3.63, 3.8) is 0 Å². The molecule has 0 saturated heterocycles. The Kier molecular flexibility index (Phi) is 5.74. The van der Waals surface area contributed by atoms with Crippen LogP contribution in [0.2, 0.25) is 10.0 Å². The average molecular weight is 482 g/mol. The Bertz CT molecular complexity index is 1360. The molecule has 0 bridgehead atoms. The summed E-state index contributed by atoms with van der Waals surface area (Å²) in [6, 6.07) is 16.7. The molecule has 1 aliphatic heterocycles. The number of hydrogen-bond donors (Lipinski definition) is 2. The standard InChI is InChI=1S/C25H21Cl2N3O3/c26-17-10-14(12-19(28)25(31)32)11-18(27)24(17)33-13-16-5-3-7-21-23(16)29-22-9-8-15-4-1-2-6-20(15)30(21)22/h1-7,10-11,19H,8-9,12-13,28H2,(H,31,32). The predicted octanol–water partition coefficient (Wildman–Crippen LogP) is 4.96. The lowest BCUT2D eigenvalue weighted by molar-refractivity contribution is -0.138. The summed E-state index contributed by atoms with van der Waals surface area (Å²) in [5, 5.41) is 9.64. The van der Waals surface area contributed by atoms with Crippen molar-refractivity contribution in [3.05, 3.63) is 87.2 Å². The molecule has 0 radical (unpaired) electrons. The third kappa shape index (κ3) is 4.06. The number of carboxylic acid groups (broad SMARTS) is 1. The van der Waals surface area contributed by atoms with E-state index in [1.54, 1.807) is 12.1 Å². The third-order valence-electron chi connectivity index (χ3n) is 5.89. The zero-order valence-electron chi connectivity index (χ0n) is 17.6. The van der Waals surface area contributed by atoms with E-state index in [4.69, 9.17) is 43.8 Å². The van der Waals surface area contributed by atoms with E-state index in [9.17, 15) is 4.79 Å². The summed E-state index contributed by atoms with van der Waals surface area (Å²) >= 11 is 12.8. The van der Waals surface area contributed by atoms with Crippen LogP contribution in [0.15, 0.2) is 54.6 Å². The van der Waals surface area contributed by atoms with Gasteiger partial charge in [-0.3, -0.25) is 9.36 Å². The zero-order chi connectivity index (χ0) is 23.1. The van der Waals surface area contributed by atoms with Gasteiger partial charge in [0.2, 0.25) is 0 Å². The Morgan fingerprint density at radius 1 is 1.12 bits per heavy atom. The van der Waals surface area contributed by atoms with Gasteiger partial charge in [-0.1, -0.05) is 53.5 Å². The summed E-state index contributed by atoms with van der Waals surface area (Å²) in [6.07, 6.45) is 1.97. The number of carbonyl (C=O) groups is 1. The SMILES string of the molecule is NC(Cc1cc(Cl)c(OCc2cccc3c2nc2n3-c3ccccc3CC2)c(Cl)c1)C(=O)O. The second-order valence-corrected chi connectivity index (χ2v) is 8.92. The Balaban J connectivity index is 1.44. The molecule has 3 aromatic carbocycles. The molecule has 0 amide bonds. The van der Waals surface area contributed by atoms with E-state index in [-0.39, 0.29) is 13.0 Å². The van der Waals surface area contributed by atoms with Crippen molar-refractivity contribution in [2.75, 3.05) is 0 Å². The lowest BCUT2D eigenvalue weighted by Crippen LogP contribution is -2.32. The Morgan fingerprint density at radius 3 is 2.64 bits per heavy atom. The Labute approximate surface area is 200 Å². The number of ether oxygens (including phenoxy) is 1. The summed E-state index contributed by atoms with van der Waals surface area (Å²) in [5.41, 5.74) is 11.6. The molecule has 5 rings (SSSR count). The van der Waals surface area contributed by atoms with Gasteiger partial charge in [-0.05, 0) is 48.2 Å². The molecule has 0 saturated carbocycles. The lowest BCUT2D eigenvalue weighted by Gasteiger charge is -2.18. The molecule has 0 fully saturated rings. The van der Waals surface area contributed by atoms with Gasteiger partial charge in [-0.15, -0.1) is 0 Å². The van der Waals surface area contributed by atoms with Crippen molar-refractivity contribution in [1.82, 2.24) is 9.55 Å². The number of aliphatic carboxylic acids is 1. The quantitative estimate of drug-likeness (QED) is 0.405. The maximum absolute atomic E-state index is 11.0. The topological polar surface area (TPSA) is 90.4 Å². The summed E-state index contributed by atoms with van der Waals surface area (Å²) in [5.74, 6) is 0.296. The monoisotopic (exact) mass is 481 g/mol. The molecule has 8 heteroatoms. The number of halogens is 2. The van der Waals surface area contributed by atoms with E-state index >= 15 is 0 Å². The van der Waals surface area contributed by atoms with E-state index in [1.165, 1.54) is 11.3 Å². The lowest BCUT2D eigenvalue weighted by atomic mass is 10.0. The van der Waals surface area contributed by atoms with Gasteiger partial charge in [0.15, 0.2) is 5.75 Å². The van der Waals surface area contributed by atoms with E-state index in [0.717, 1.165) is 35.3 Å². The molecule has 1 atom stereocenters. The van der Waals surface area contributed by atoms with Gasteiger partial charge in [0.1, 0.15) is 18.5 Å². The van der Waals surface area contributed by atoms with Crippen molar-refractivity contribution in [3.8, 4) is 11.4 Å². The minimum absolute atomic E-state index is 0.121. The van der Waals surface area contributed by atoms with Crippen LogP contribution in [0.4, 0.5) is 0 Å². The largest absolute Gasteiger partial charge is 0.486 e. The number of para-hydroxylation sites is 2. The first-order valence-electron chi connectivity index (χ1n) is 10.6. The number of nitrogens with two attached hydrogens (primary N) is 1. The van der Waals surface area contributed by atoms with Crippen molar-refractivity contribution in [2.24, 2.45) is 5.73 Å². The maximum atomic E-state index is 11.0. The second kappa shape index (κ2) is 8.71. The molecule has 33 heavy (non-hydrogen) atoms. The highest BCUT2D eigenvalue weighted by molar-refractivity contribution is 6.37. The van der Waals surface area contributed by atoms with Crippen molar-refractivity contribution < 1.29 is 14.6 Å². The van der Waals surface area contributed by atoms with Crippen LogP contribution in [0.3, 0.4) is 0 Å². The summed E-state index contributed by atoms with van der Waals surface area (Å²) in [6.45, 7) is 0.239. The molecule has 0 aliphatic carbocycles. The number of hydrogen-bond acceptors (Lipinski definition) is 4. The molecular weight excluding hydrogens is 461 g/mol. The van der Waals surface area contributed by atoms with Gasteiger partial charge in [0.25, 0.3) is 0 Å². The third-order valence-corrected chi connectivity index (χ3v) is 6.45. The number of carboxylic acids is 1. The fourth-order valence-corrected chi connectivity index (χ4v) is 4.95. The summed E-state index contributed by atoms with van der Waals surface area (Å²) < 4.78 is 8.23. The number of aryl methyl sites for hydroxylation is 2. The second-order valence-electron chi connectivity index (χ2n) is 8.10. The number of imidazole rings is 1. The Hall–Kier alpha value is -3.06. The molecule has 6 nitrogen and oxygen atoms in total. The van der Waals surface area contributed by atoms with Crippen LogP contribution in [0.5, 0.6) is 5.75 Å². The van der Waals surface area contributed by atoms with E-state index < -0.39 is 12.0 Å². The zero-order valence-corrected chi connectivity index (χ0v) is 19.1. The fraction of sp³-hybridized carbons (Fsp3) is 0.200. The normalized spacial score (nSPS) is 13.4. The summed E-state index contributed by atoms with van der Waals surface area (Å²) in [7, 11) is 0. The van der Waals surface area contributed by atoms with Crippen LogP contribution in [-0.4, -0.2) is 26.7 Å². The van der Waals surface area contributed by atoms with Gasteiger partial charge in [-0.2, -0.15) is 0 Å². The van der Waals surface area contributed by atoms with Gasteiger partial charge >= 0.3 is 5.97 Å². The van der Waals surface area contributed by atoms with E-state index in [1.807, 2.05) is 18.2 Å². The van der Waals surface area contributed by atoms with Crippen LogP contribution in [0, 0.1) is 0 Å². The number of rotatable bonds is 6. The average Bonchev–Trinajstić information content (AvgIpc) is 3.18. The van der Waals surface area contributed by atoms with Crippen LogP contribution in [0.25, 0.3) is 16.7 Å². The van der Waals surface area contributed by atoms with E-state index in [0.29, 0.717) is 21.4 Å². The number of aromatic nitrogens is 2. The van der Waals surface area contributed by atoms with Crippen LogP contribution < -0.4 is 10.5 Å².